The van der Waals surface area contributed by atoms with Gasteiger partial charge in [0.2, 0.25) is 0 Å². The largest absolute Gasteiger partial charge is 0.481 e. The molecule has 0 saturated carbocycles. The number of hydrogen-bond acceptors (Lipinski definition) is 3. The predicted octanol–water partition coefficient (Wildman–Crippen LogP) is 2.67. The van der Waals surface area contributed by atoms with Crippen LogP contribution in [0.25, 0.3) is 0 Å². The second-order valence-electron chi connectivity index (χ2n) is 4.98. The van der Waals surface area contributed by atoms with Crippen molar-refractivity contribution in [1.82, 2.24) is 0 Å². The minimum atomic E-state index is -0.916. The first kappa shape index (κ1) is 13.4. The van der Waals surface area contributed by atoms with Gasteiger partial charge in [-0.1, -0.05) is 25.1 Å². The molecule has 108 valence electrons. The lowest BCUT2D eigenvalue weighted by Gasteiger charge is -2.17. The Bertz CT molecular complexity index is 704. The van der Waals surface area contributed by atoms with Crippen LogP contribution in [0, 0.1) is 0 Å². The van der Waals surface area contributed by atoms with Gasteiger partial charge in [0.1, 0.15) is 11.7 Å². The van der Waals surface area contributed by atoms with E-state index in [-0.39, 0.29) is 12.5 Å². The van der Waals surface area contributed by atoms with Crippen LogP contribution in [-0.2, 0) is 11.2 Å². The molecule has 1 aliphatic heterocycles. The Morgan fingerprint density at radius 3 is 2.81 bits per heavy atom. The Morgan fingerprint density at radius 1 is 1.33 bits per heavy atom. The molecule has 2 heterocycles. The number of aliphatic carboxylic acids is 1. The van der Waals surface area contributed by atoms with Gasteiger partial charge in [-0.05, 0) is 17.7 Å². The van der Waals surface area contributed by atoms with E-state index in [0.29, 0.717) is 29.0 Å². The van der Waals surface area contributed by atoms with Gasteiger partial charge in [-0.3, -0.25) is 9.59 Å². The fourth-order valence-electron chi connectivity index (χ4n) is 2.76. The molecular weight excluding hydrogens is 270 g/mol. The van der Waals surface area contributed by atoms with Gasteiger partial charge in [-0.15, -0.1) is 0 Å². The van der Waals surface area contributed by atoms with Gasteiger partial charge < -0.3 is 14.4 Å². The van der Waals surface area contributed by atoms with Gasteiger partial charge in [0, 0.05) is 18.7 Å². The van der Waals surface area contributed by atoms with E-state index in [1.165, 1.54) is 11.2 Å². The van der Waals surface area contributed by atoms with E-state index >= 15 is 0 Å². The van der Waals surface area contributed by atoms with Gasteiger partial charge in [-0.2, -0.15) is 0 Å². The third kappa shape index (κ3) is 2.11. The number of anilines is 1. The van der Waals surface area contributed by atoms with E-state index in [1.54, 1.807) is 30.3 Å². The van der Waals surface area contributed by atoms with Crippen LogP contribution in [0.1, 0.15) is 34.5 Å². The van der Waals surface area contributed by atoms with Crippen LogP contribution in [-0.4, -0.2) is 23.5 Å². The van der Waals surface area contributed by atoms with Crippen LogP contribution in [0.2, 0.25) is 0 Å². The van der Waals surface area contributed by atoms with Gasteiger partial charge in [0.25, 0.3) is 5.91 Å². The minimum absolute atomic E-state index is 0.155. The lowest BCUT2D eigenvalue weighted by Crippen LogP contribution is -2.31. The van der Waals surface area contributed by atoms with E-state index in [0.717, 1.165) is 0 Å². The van der Waals surface area contributed by atoms with E-state index in [4.69, 9.17) is 4.42 Å². The van der Waals surface area contributed by atoms with Gasteiger partial charge in [0.05, 0.1) is 11.8 Å². The highest BCUT2D eigenvalue weighted by atomic mass is 16.4. The van der Waals surface area contributed by atoms with E-state index in [9.17, 15) is 14.7 Å². The molecule has 1 aliphatic rings. The number of furan rings is 1. The van der Waals surface area contributed by atoms with E-state index in [2.05, 4.69) is 0 Å². The summed E-state index contributed by atoms with van der Waals surface area (Å²) < 4.78 is 5.29. The summed E-state index contributed by atoms with van der Waals surface area (Å²) in [5, 5.41) is 9.33. The molecule has 1 aromatic heterocycles. The Balaban J connectivity index is 2.01. The molecule has 1 amide bonds. The smallest absolute Gasteiger partial charge is 0.312 e. The van der Waals surface area contributed by atoms with Crippen LogP contribution in [0.15, 0.2) is 41.0 Å². The van der Waals surface area contributed by atoms with E-state index < -0.39 is 11.9 Å². The van der Waals surface area contributed by atoms with Crippen LogP contribution in [0.5, 0.6) is 0 Å². The zero-order valence-electron chi connectivity index (χ0n) is 11.6. The Labute approximate surface area is 121 Å². The average molecular weight is 285 g/mol. The molecule has 0 radical (unpaired) electrons. The number of carbonyl (C=O) groups excluding carboxylic acids is 1. The summed E-state index contributed by atoms with van der Waals surface area (Å²) in [6, 6.07) is 8.77. The number of aryl methyl sites for hydroxylation is 1. The number of carboxylic acids is 1. The molecule has 0 saturated heterocycles. The van der Waals surface area contributed by atoms with Crippen molar-refractivity contribution in [1.29, 1.82) is 0 Å². The van der Waals surface area contributed by atoms with Crippen LogP contribution < -0.4 is 4.90 Å². The highest BCUT2D eigenvalue weighted by Gasteiger charge is 2.37. The monoisotopic (exact) mass is 285 g/mol. The minimum Gasteiger partial charge on any atom is -0.481 e. The Morgan fingerprint density at radius 2 is 2.10 bits per heavy atom. The number of amides is 1. The molecule has 0 bridgehead atoms. The summed E-state index contributed by atoms with van der Waals surface area (Å²) in [6.45, 7) is 2.06. The maximum atomic E-state index is 12.7. The van der Waals surface area contributed by atoms with Crippen molar-refractivity contribution >= 4 is 17.6 Å². The van der Waals surface area contributed by atoms with Crippen molar-refractivity contribution in [2.45, 2.75) is 19.3 Å². The van der Waals surface area contributed by atoms with Crippen molar-refractivity contribution in [3.05, 3.63) is 53.5 Å². The maximum Gasteiger partial charge on any atom is 0.312 e. The number of rotatable bonds is 3. The van der Waals surface area contributed by atoms with Crippen LogP contribution in [0.3, 0.4) is 0 Å². The first-order chi connectivity index (χ1) is 10.1. The van der Waals surface area contributed by atoms with Crippen LogP contribution >= 0.6 is 0 Å². The molecule has 0 fully saturated rings. The fraction of sp³-hybridized carbons (Fsp3) is 0.250. The molecule has 1 atom stereocenters. The summed E-state index contributed by atoms with van der Waals surface area (Å²) in [4.78, 5) is 25.6. The SMILES string of the molecule is CCc1occc1C(=O)N1CC(C(=O)O)c2ccccc21. The normalized spacial score (nSPS) is 16.8. The summed E-state index contributed by atoms with van der Waals surface area (Å²) in [5.41, 5.74) is 1.84. The quantitative estimate of drug-likeness (QED) is 0.941. The molecule has 1 aromatic carbocycles. The highest BCUT2D eigenvalue weighted by Crippen LogP contribution is 2.37. The van der Waals surface area contributed by atoms with Crippen molar-refractivity contribution in [3.63, 3.8) is 0 Å². The topological polar surface area (TPSA) is 70.8 Å². The van der Waals surface area contributed by atoms with Gasteiger partial charge in [-0.25, -0.2) is 0 Å². The molecule has 21 heavy (non-hydrogen) atoms. The number of hydrogen-bond donors (Lipinski definition) is 1. The molecule has 3 rings (SSSR count). The van der Waals surface area contributed by atoms with Crippen molar-refractivity contribution < 1.29 is 19.1 Å². The number of para-hydroxylation sites is 1. The molecule has 2 aromatic rings. The summed E-state index contributed by atoms with van der Waals surface area (Å²) >= 11 is 0. The summed E-state index contributed by atoms with van der Waals surface area (Å²) in [7, 11) is 0. The average Bonchev–Trinajstić information content (AvgIpc) is 3.11. The van der Waals surface area contributed by atoms with Gasteiger partial charge >= 0.3 is 5.97 Å². The molecule has 1 N–H and O–H groups in total. The summed E-state index contributed by atoms with van der Waals surface area (Å²) in [5.74, 6) is -1.18. The summed E-state index contributed by atoms with van der Waals surface area (Å²) in [6.07, 6.45) is 2.11. The molecule has 5 heteroatoms. The van der Waals surface area contributed by atoms with Crippen molar-refractivity contribution in [3.8, 4) is 0 Å². The molecule has 5 nitrogen and oxygen atoms in total. The Kier molecular flexibility index (Phi) is 3.25. The fourth-order valence-corrected chi connectivity index (χ4v) is 2.76. The lowest BCUT2D eigenvalue weighted by molar-refractivity contribution is -0.138. The lowest BCUT2D eigenvalue weighted by atomic mass is 10.0. The zero-order valence-corrected chi connectivity index (χ0v) is 11.6. The third-order valence-electron chi connectivity index (χ3n) is 3.81. The van der Waals surface area contributed by atoms with E-state index in [1.807, 2.05) is 6.92 Å². The number of carbonyl (C=O) groups is 2. The number of carboxylic acid groups (broad SMARTS) is 1. The van der Waals surface area contributed by atoms with Gasteiger partial charge in [0.15, 0.2) is 0 Å². The Hall–Kier alpha value is -2.56. The molecule has 0 aliphatic carbocycles. The predicted molar refractivity (Wildman–Crippen MR) is 76.6 cm³/mol. The van der Waals surface area contributed by atoms with Crippen molar-refractivity contribution in [2.24, 2.45) is 0 Å². The first-order valence-electron chi connectivity index (χ1n) is 6.83. The number of benzene rings is 1. The third-order valence-corrected chi connectivity index (χ3v) is 3.81. The molecule has 0 spiro atoms. The zero-order chi connectivity index (χ0) is 15.0. The molecular formula is C16H15NO4. The first-order valence-corrected chi connectivity index (χ1v) is 6.83. The highest BCUT2D eigenvalue weighted by molar-refractivity contribution is 6.09. The van der Waals surface area contributed by atoms with Crippen LogP contribution in [0.4, 0.5) is 5.69 Å². The number of fused-ring (bicyclic) bond motifs is 1. The second kappa shape index (κ2) is 5.09. The second-order valence-corrected chi connectivity index (χ2v) is 4.98. The number of nitrogens with zero attached hydrogens (tertiary/aromatic N) is 1. The standard InChI is InChI=1S/C16H15NO4/c1-2-14-11(7-8-21-14)15(18)17-9-12(16(19)20)10-5-3-4-6-13(10)17/h3-8,12H,2,9H2,1H3,(H,19,20). The molecule has 1 unspecified atom stereocenters. The van der Waals surface area contributed by atoms with Crippen molar-refractivity contribution in [2.75, 3.05) is 11.4 Å². The maximum absolute atomic E-state index is 12.7.